The fraction of sp³-hybridized carbons (Fsp3) is 0.667. The van der Waals surface area contributed by atoms with E-state index in [-0.39, 0.29) is 30.6 Å². The van der Waals surface area contributed by atoms with E-state index in [4.69, 9.17) is 0 Å². The number of likely N-dealkylation sites (N-methyl/N-ethyl adjacent to an activating group) is 1. The Hall–Kier alpha value is -1.70. The third kappa shape index (κ3) is 1.94. The molecular weight excluding hydrogens is 278 g/mol. The quantitative estimate of drug-likeness (QED) is 0.877. The molecule has 0 unspecified atom stereocenters. The highest BCUT2D eigenvalue weighted by molar-refractivity contribution is 7.09. The summed E-state index contributed by atoms with van der Waals surface area (Å²) in [6.45, 7) is 0.151. The van der Waals surface area contributed by atoms with E-state index in [2.05, 4.69) is 14.7 Å². The summed E-state index contributed by atoms with van der Waals surface area (Å²) in [6, 6.07) is 0.115. The first-order valence-electron chi connectivity index (χ1n) is 6.80. The number of hydrogen-bond donors (Lipinski definition) is 1. The zero-order chi connectivity index (χ0) is 13.9. The van der Waals surface area contributed by atoms with Crippen LogP contribution in [-0.2, 0) is 4.79 Å². The first-order valence-corrected chi connectivity index (χ1v) is 7.57. The highest BCUT2D eigenvalue weighted by atomic mass is 32.1. The second-order valence-electron chi connectivity index (χ2n) is 5.67. The molecule has 0 aromatic carbocycles. The summed E-state index contributed by atoms with van der Waals surface area (Å²) in [5.74, 6) is 1.31. The monoisotopic (exact) mass is 293 g/mol. The van der Waals surface area contributed by atoms with Crippen molar-refractivity contribution in [3.05, 3.63) is 5.82 Å². The van der Waals surface area contributed by atoms with Gasteiger partial charge in [0.25, 0.3) is 0 Å². The van der Waals surface area contributed by atoms with Crippen LogP contribution >= 0.6 is 11.5 Å². The molecule has 0 radical (unpaired) electrons. The van der Waals surface area contributed by atoms with Crippen LogP contribution in [0, 0.1) is 0 Å². The van der Waals surface area contributed by atoms with Gasteiger partial charge in [0.1, 0.15) is 12.4 Å². The largest absolute Gasteiger partial charge is 0.339 e. The van der Waals surface area contributed by atoms with Crippen LogP contribution in [-0.4, -0.2) is 56.8 Å². The van der Waals surface area contributed by atoms with Crippen molar-refractivity contribution in [1.29, 1.82) is 0 Å². The standard InChI is InChI=1S/C12H15N5O2S/c1-16-7-4-8(7)17(5-9(16)18)12(19)14-11-13-10(15-20-11)6-2-3-6/h6-8H,2-5H2,1H3,(H,13,14,15,19)/t7-,8+/m1/s1. The third-order valence-corrected chi connectivity index (χ3v) is 4.82. The Kier molecular flexibility index (Phi) is 2.50. The molecule has 3 aliphatic rings. The summed E-state index contributed by atoms with van der Waals surface area (Å²) in [6.07, 6.45) is 3.15. The van der Waals surface area contributed by atoms with Gasteiger partial charge in [0.15, 0.2) is 0 Å². The highest BCUT2D eigenvalue weighted by Gasteiger charge is 2.52. The van der Waals surface area contributed by atoms with Gasteiger partial charge in [-0.2, -0.15) is 4.37 Å². The third-order valence-electron chi connectivity index (χ3n) is 4.18. The minimum atomic E-state index is -0.238. The molecule has 3 amide bonds. The number of urea groups is 1. The number of fused-ring (bicyclic) bond motifs is 1. The molecule has 7 nitrogen and oxygen atoms in total. The van der Waals surface area contributed by atoms with Crippen molar-refractivity contribution in [1.82, 2.24) is 19.2 Å². The molecule has 0 bridgehead atoms. The molecule has 1 aromatic rings. The Morgan fingerprint density at radius 2 is 2.20 bits per heavy atom. The van der Waals surface area contributed by atoms with E-state index in [0.717, 1.165) is 25.1 Å². The molecule has 20 heavy (non-hydrogen) atoms. The number of carbonyl (C=O) groups excluding carboxylic acids is 2. The van der Waals surface area contributed by atoms with E-state index in [1.165, 1.54) is 11.5 Å². The fourth-order valence-corrected chi connectivity index (χ4v) is 3.30. The topological polar surface area (TPSA) is 78.4 Å². The van der Waals surface area contributed by atoms with Crippen LogP contribution in [0.2, 0.25) is 0 Å². The van der Waals surface area contributed by atoms with Gasteiger partial charge in [-0.1, -0.05) is 0 Å². The summed E-state index contributed by atoms with van der Waals surface area (Å²) in [5.41, 5.74) is 0. The Morgan fingerprint density at radius 3 is 2.95 bits per heavy atom. The van der Waals surface area contributed by atoms with Gasteiger partial charge >= 0.3 is 6.03 Å². The van der Waals surface area contributed by atoms with Crippen LogP contribution in [0.5, 0.6) is 0 Å². The van der Waals surface area contributed by atoms with Crippen LogP contribution < -0.4 is 5.32 Å². The lowest BCUT2D eigenvalue weighted by Crippen LogP contribution is -2.51. The Morgan fingerprint density at radius 1 is 1.40 bits per heavy atom. The lowest BCUT2D eigenvalue weighted by molar-refractivity contribution is -0.133. The van der Waals surface area contributed by atoms with E-state index < -0.39 is 0 Å². The lowest BCUT2D eigenvalue weighted by atomic mass is 10.3. The summed E-state index contributed by atoms with van der Waals surface area (Å²) < 4.78 is 4.25. The predicted octanol–water partition coefficient (Wildman–Crippen LogP) is 0.862. The lowest BCUT2D eigenvalue weighted by Gasteiger charge is -2.31. The van der Waals surface area contributed by atoms with Crippen molar-refractivity contribution in [2.24, 2.45) is 0 Å². The average Bonchev–Trinajstić information content (AvgIpc) is 3.33. The van der Waals surface area contributed by atoms with E-state index in [1.54, 1.807) is 16.8 Å². The van der Waals surface area contributed by atoms with Gasteiger partial charge in [0, 0.05) is 24.5 Å². The average molecular weight is 293 g/mol. The minimum absolute atomic E-state index is 0.00478. The molecule has 3 fully saturated rings. The van der Waals surface area contributed by atoms with Crippen molar-refractivity contribution in [2.45, 2.75) is 37.3 Å². The number of carbonyl (C=O) groups is 2. The number of hydrogen-bond acceptors (Lipinski definition) is 5. The number of nitrogens with zero attached hydrogens (tertiary/aromatic N) is 4. The van der Waals surface area contributed by atoms with E-state index in [1.807, 2.05) is 0 Å². The predicted molar refractivity (Wildman–Crippen MR) is 72.6 cm³/mol. The first kappa shape index (κ1) is 12.1. The van der Waals surface area contributed by atoms with Gasteiger partial charge in [-0.15, -0.1) is 0 Å². The zero-order valence-corrected chi connectivity index (χ0v) is 11.9. The number of piperazine rings is 1. The summed E-state index contributed by atoms with van der Waals surface area (Å²) >= 11 is 1.21. The van der Waals surface area contributed by atoms with Crippen LogP contribution in [0.15, 0.2) is 0 Å². The maximum Gasteiger partial charge on any atom is 0.324 e. The van der Waals surface area contributed by atoms with E-state index >= 15 is 0 Å². The van der Waals surface area contributed by atoms with Gasteiger partial charge in [0.2, 0.25) is 11.0 Å². The summed E-state index contributed by atoms with van der Waals surface area (Å²) in [7, 11) is 1.80. The number of anilines is 1. The van der Waals surface area contributed by atoms with Crippen molar-refractivity contribution in [3.8, 4) is 0 Å². The van der Waals surface area contributed by atoms with Crippen molar-refractivity contribution < 1.29 is 9.59 Å². The molecule has 2 heterocycles. The Balaban J connectivity index is 1.43. The van der Waals surface area contributed by atoms with E-state index in [0.29, 0.717) is 11.0 Å². The van der Waals surface area contributed by atoms with Crippen LogP contribution in [0.4, 0.5) is 9.93 Å². The molecule has 1 N–H and O–H groups in total. The van der Waals surface area contributed by atoms with Gasteiger partial charge in [-0.3, -0.25) is 10.1 Å². The van der Waals surface area contributed by atoms with Crippen LogP contribution in [0.25, 0.3) is 0 Å². The van der Waals surface area contributed by atoms with Gasteiger partial charge in [-0.25, -0.2) is 9.78 Å². The SMILES string of the molecule is CN1C(=O)CN(C(=O)Nc2nc(C3CC3)ns2)[C@H]2C[C@H]21. The maximum atomic E-state index is 12.2. The molecular formula is C12H15N5O2S. The molecule has 0 spiro atoms. The molecule has 1 aromatic heterocycles. The van der Waals surface area contributed by atoms with Crippen molar-refractivity contribution in [2.75, 3.05) is 18.9 Å². The summed E-state index contributed by atoms with van der Waals surface area (Å²) in [4.78, 5) is 31.7. The number of amides is 3. The molecule has 8 heteroatoms. The second kappa shape index (κ2) is 4.15. The Bertz CT molecular complexity index is 584. The summed E-state index contributed by atoms with van der Waals surface area (Å²) in [5, 5.41) is 3.30. The number of aromatic nitrogens is 2. The van der Waals surface area contributed by atoms with Crippen LogP contribution in [0.3, 0.4) is 0 Å². The van der Waals surface area contributed by atoms with Gasteiger partial charge in [-0.05, 0) is 19.3 Å². The molecule has 2 saturated carbocycles. The molecule has 4 rings (SSSR count). The van der Waals surface area contributed by atoms with Gasteiger partial charge in [0.05, 0.1) is 12.1 Å². The number of nitrogens with one attached hydrogen (secondary N) is 1. The Labute approximate surface area is 120 Å². The highest BCUT2D eigenvalue weighted by Crippen LogP contribution is 2.39. The maximum absolute atomic E-state index is 12.2. The van der Waals surface area contributed by atoms with Gasteiger partial charge < -0.3 is 9.80 Å². The zero-order valence-electron chi connectivity index (χ0n) is 11.1. The molecule has 106 valence electrons. The molecule has 2 atom stereocenters. The van der Waals surface area contributed by atoms with Crippen molar-refractivity contribution >= 4 is 28.6 Å². The molecule has 1 saturated heterocycles. The second-order valence-corrected chi connectivity index (χ2v) is 6.42. The minimum Gasteiger partial charge on any atom is -0.339 e. The smallest absolute Gasteiger partial charge is 0.324 e. The fourth-order valence-electron chi connectivity index (χ4n) is 2.66. The van der Waals surface area contributed by atoms with Crippen molar-refractivity contribution in [3.63, 3.8) is 0 Å². The first-order chi connectivity index (χ1) is 9.63. The van der Waals surface area contributed by atoms with E-state index in [9.17, 15) is 9.59 Å². The molecule has 1 aliphatic heterocycles. The molecule has 2 aliphatic carbocycles. The van der Waals surface area contributed by atoms with Crippen LogP contribution in [0.1, 0.15) is 31.0 Å². The number of rotatable bonds is 2. The normalized spacial score (nSPS) is 28.4.